The Kier molecular flexibility index (Phi) is 4.09. The van der Waals surface area contributed by atoms with Gasteiger partial charge in [0.05, 0.1) is 4.99 Å². The van der Waals surface area contributed by atoms with Crippen LogP contribution in [0.5, 0.6) is 0 Å². The summed E-state index contributed by atoms with van der Waals surface area (Å²) in [5.41, 5.74) is 9.21. The number of benzene rings is 1. The van der Waals surface area contributed by atoms with Crippen molar-refractivity contribution in [3.05, 3.63) is 47.9 Å². The number of rotatable bonds is 4. The van der Waals surface area contributed by atoms with Gasteiger partial charge in [0, 0.05) is 24.2 Å². The lowest BCUT2D eigenvalue weighted by atomic mass is 10.1. The predicted octanol–water partition coefficient (Wildman–Crippen LogP) is 3.47. The van der Waals surface area contributed by atoms with Crippen LogP contribution in [-0.4, -0.2) is 19.5 Å². The molecule has 0 aliphatic carbocycles. The highest BCUT2D eigenvalue weighted by molar-refractivity contribution is 7.80. The van der Waals surface area contributed by atoms with Crippen LogP contribution in [0.4, 0.5) is 4.39 Å². The maximum Gasteiger partial charge on any atom is 0.160 e. The maximum absolute atomic E-state index is 13.2. The number of halogens is 1. The summed E-state index contributed by atoms with van der Waals surface area (Å²) in [6.45, 7) is 4.52. The van der Waals surface area contributed by atoms with E-state index < -0.39 is 0 Å². The standard InChI is InChI=1S/C17H17FN4S/c1-10-7-14-17(20-8-10)22(9-11(2)15(19)23)16(21-14)12-3-5-13(18)6-4-12/h3-8,11H,9H2,1-2H3,(H2,19,23). The molecule has 6 heteroatoms. The quantitative estimate of drug-likeness (QED) is 0.745. The second-order valence-electron chi connectivity index (χ2n) is 5.71. The van der Waals surface area contributed by atoms with Crippen LogP contribution in [0.1, 0.15) is 12.5 Å². The molecule has 2 aromatic heterocycles. The van der Waals surface area contributed by atoms with Crippen molar-refractivity contribution in [3.63, 3.8) is 0 Å². The highest BCUT2D eigenvalue weighted by Gasteiger charge is 2.17. The number of nitrogens with two attached hydrogens (primary N) is 1. The van der Waals surface area contributed by atoms with Crippen molar-refractivity contribution in [2.24, 2.45) is 11.7 Å². The van der Waals surface area contributed by atoms with Gasteiger partial charge < -0.3 is 10.3 Å². The van der Waals surface area contributed by atoms with Gasteiger partial charge in [0.25, 0.3) is 0 Å². The molecule has 118 valence electrons. The third-order valence-electron chi connectivity index (χ3n) is 3.77. The molecular weight excluding hydrogens is 311 g/mol. The molecule has 3 rings (SSSR count). The van der Waals surface area contributed by atoms with Crippen molar-refractivity contribution in [2.75, 3.05) is 0 Å². The van der Waals surface area contributed by atoms with Crippen LogP contribution >= 0.6 is 12.2 Å². The van der Waals surface area contributed by atoms with Crippen molar-refractivity contribution in [3.8, 4) is 11.4 Å². The number of thiocarbonyl (C=S) groups is 1. The zero-order valence-electron chi connectivity index (χ0n) is 13.0. The monoisotopic (exact) mass is 328 g/mol. The van der Waals surface area contributed by atoms with Crippen molar-refractivity contribution < 1.29 is 4.39 Å². The zero-order chi connectivity index (χ0) is 16.6. The number of aryl methyl sites for hydroxylation is 1. The Hall–Kier alpha value is -2.34. The van der Waals surface area contributed by atoms with Crippen LogP contribution in [0.15, 0.2) is 36.5 Å². The third kappa shape index (κ3) is 3.07. The van der Waals surface area contributed by atoms with E-state index in [1.807, 2.05) is 24.5 Å². The topological polar surface area (TPSA) is 56.7 Å². The van der Waals surface area contributed by atoms with Gasteiger partial charge in [0.2, 0.25) is 0 Å². The first-order valence-corrected chi connectivity index (χ1v) is 7.74. The Morgan fingerprint density at radius 3 is 2.70 bits per heavy atom. The third-order valence-corrected chi connectivity index (χ3v) is 4.17. The minimum Gasteiger partial charge on any atom is -0.393 e. The van der Waals surface area contributed by atoms with Gasteiger partial charge in [-0.3, -0.25) is 0 Å². The number of fused-ring (bicyclic) bond motifs is 1. The van der Waals surface area contributed by atoms with Gasteiger partial charge in [0.15, 0.2) is 5.65 Å². The number of nitrogens with zero attached hydrogens (tertiary/aromatic N) is 3. The SMILES string of the molecule is Cc1cnc2c(c1)nc(-c1ccc(F)cc1)n2CC(C)C(N)=S. The number of pyridine rings is 1. The Morgan fingerprint density at radius 2 is 2.04 bits per heavy atom. The molecule has 0 fully saturated rings. The molecule has 4 nitrogen and oxygen atoms in total. The lowest BCUT2D eigenvalue weighted by Gasteiger charge is -2.14. The Bertz CT molecular complexity index is 870. The molecule has 0 spiro atoms. The molecule has 1 atom stereocenters. The van der Waals surface area contributed by atoms with Crippen molar-refractivity contribution in [1.82, 2.24) is 14.5 Å². The lowest BCUT2D eigenvalue weighted by molar-refractivity contribution is 0.613. The summed E-state index contributed by atoms with van der Waals surface area (Å²) < 4.78 is 15.2. The first kappa shape index (κ1) is 15.6. The molecule has 2 N–H and O–H groups in total. The molecule has 1 unspecified atom stereocenters. The number of aromatic nitrogens is 3. The van der Waals surface area contributed by atoms with Gasteiger partial charge >= 0.3 is 0 Å². The van der Waals surface area contributed by atoms with E-state index in [1.54, 1.807) is 18.3 Å². The fraction of sp³-hybridized carbons (Fsp3) is 0.235. The average molecular weight is 328 g/mol. The van der Waals surface area contributed by atoms with E-state index in [2.05, 4.69) is 9.97 Å². The molecule has 0 bridgehead atoms. The fourth-order valence-corrected chi connectivity index (χ4v) is 2.54. The summed E-state index contributed by atoms with van der Waals surface area (Å²) in [5, 5.41) is 0. The predicted molar refractivity (Wildman–Crippen MR) is 93.6 cm³/mol. The molecule has 0 saturated carbocycles. The van der Waals surface area contributed by atoms with Crippen molar-refractivity contribution in [2.45, 2.75) is 20.4 Å². The second kappa shape index (κ2) is 6.04. The molecule has 0 saturated heterocycles. The molecule has 2 heterocycles. The minimum absolute atomic E-state index is 0.00435. The smallest absolute Gasteiger partial charge is 0.160 e. The van der Waals surface area contributed by atoms with Crippen LogP contribution in [0.2, 0.25) is 0 Å². The Balaban J connectivity index is 2.18. The van der Waals surface area contributed by atoms with E-state index in [4.69, 9.17) is 18.0 Å². The maximum atomic E-state index is 13.2. The molecule has 0 aliphatic heterocycles. The van der Waals surface area contributed by atoms with Crippen molar-refractivity contribution in [1.29, 1.82) is 0 Å². The van der Waals surface area contributed by atoms with Gasteiger partial charge in [-0.2, -0.15) is 0 Å². The zero-order valence-corrected chi connectivity index (χ0v) is 13.8. The van der Waals surface area contributed by atoms with Gasteiger partial charge in [-0.25, -0.2) is 14.4 Å². The van der Waals surface area contributed by atoms with Crippen LogP contribution in [0.25, 0.3) is 22.6 Å². The summed E-state index contributed by atoms with van der Waals surface area (Å²) >= 11 is 5.09. The Labute approximate surface area is 139 Å². The van der Waals surface area contributed by atoms with E-state index in [0.717, 1.165) is 28.1 Å². The van der Waals surface area contributed by atoms with E-state index in [9.17, 15) is 4.39 Å². The van der Waals surface area contributed by atoms with Crippen LogP contribution in [0.3, 0.4) is 0 Å². The first-order chi connectivity index (χ1) is 11.0. The number of imidazole rings is 1. The summed E-state index contributed by atoms with van der Waals surface area (Å²) in [6.07, 6.45) is 1.81. The van der Waals surface area contributed by atoms with Gasteiger partial charge in [-0.15, -0.1) is 0 Å². The molecule has 0 amide bonds. The number of hydrogen-bond donors (Lipinski definition) is 1. The van der Waals surface area contributed by atoms with Crippen LogP contribution in [-0.2, 0) is 6.54 Å². The van der Waals surface area contributed by atoms with E-state index in [1.165, 1.54) is 12.1 Å². The highest BCUT2D eigenvalue weighted by Crippen LogP contribution is 2.25. The van der Waals surface area contributed by atoms with E-state index in [0.29, 0.717) is 11.5 Å². The highest BCUT2D eigenvalue weighted by atomic mass is 32.1. The van der Waals surface area contributed by atoms with Gasteiger partial charge in [-0.1, -0.05) is 19.1 Å². The van der Waals surface area contributed by atoms with E-state index >= 15 is 0 Å². The molecule has 0 radical (unpaired) electrons. The number of hydrogen-bond acceptors (Lipinski definition) is 3. The van der Waals surface area contributed by atoms with Crippen LogP contribution < -0.4 is 5.73 Å². The largest absolute Gasteiger partial charge is 0.393 e. The lowest BCUT2D eigenvalue weighted by Crippen LogP contribution is -2.23. The minimum atomic E-state index is -0.276. The summed E-state index contributed by atoms with van der Waals surface area (Å²) in [5.74, 6) is 0.466. The summed E-state index contributed by atoms with van der Waals surface area (Å²) in [4.78, 5) is 9.63. The molecular formula is C17H17FN4S. The normalized spacial score (nSPS) is 12.5. The summed E-state index contributed by atoms with van der Waals surface area (Å²) in [6, 6.07) is 8.26. The van der Waals surface area contributed by atoms with Crippen molar-refractivity contribution >= 4 is 28.4 Å². The summed E-state index contributed by atoms with van der Waals surface area (Å²) in [7, 11) is 0. The van der Waals surface area contributed by atoms with Crippen LogP contribution in [0, 0.1) is 18.7 Å². The fourth-order valence-electron chi connectivity index (χ4n) is 2.47. The molecule has 23 heavy (non-hydrogen) atoms. The Morgan fingerprint density at radius 1 is 1.35 bits per heavy atom. The molecule has 3 aromatic rings. The van der Waals surface area contributed by atoms with E-state index in [-0.39, 0.29) is 11.7 Å². The first-order valence-electron chi connectivity index (χ1n) is 7.34. The molecule has 1 aromatic carbocycles. The van der Waals surface area contributed by atoms with Gasteiger partial charge in [0.1, 0.15) is 17.2 Å². The second-order valence-corrected chi connectivity index (χ2v) is 6.18. The molecule has 0 aliphatic rings. The van der Waals surface area contributed by atoms with Gasteiger partial charge in [-0.05, 0) is 42.8 Å². The average Bonchev–Trinajstić information content (AvgIpc) is 2.85.